The third-order valence-electron chi connectivity index (χ3n) is 2.97. The molecule has 20 heavy (non-hydrogen) atoms. The number of nitrogens with zero attached hydrogens (tertiary/aromatic N) is 3. The second-order valence-electron chi connectivity index (χ2n) is 4.27. The molecule has 1 aromatic rings. The van der Waals surface area contributed by atoms with Crippen LogP contribution in [-0.2, 0) is 0 Å². The summed E-state index contributed by atoms with van der Waals surface area (Å²) in [6.07, 6.45) is 2.39. The minimum atomic E-state index is -0.288. The van der Waals surface area contributed by atoms with Crippen molar-refractivity contribution in [2.75, 3.05) is 13.2 Å². The molecule has 1 aromatic carbocycles. The third kappa shape index (κ3) is 4.64. The molecule has 2 N–H and O–H groups in total. The van der Waals surface area contributed by atoms with E-state index < -0.39 is 0 Å². The minimum Gasteiger partial charge on any atom is -0.396 e. The summed E-state index contributed by atoms with van der Waals surface area (Å²) in [6, 6.07) is 6.29. The second kappa shape index (κ2) is 9.06. The molecule has 0 aliphatic rings. The summed E-state index contributed by atoms with van der Waals surface area (Å²) < 4.78 is 0. The largest absolute Gasteiger partial charge is 0.396 e. The lowest BCUT2D eigenvalue weighted by molar-refractivity contribution is 0.243. The highest BCUT2D eigenvalue weighted by Gasteiger charge is 2.17. The maximum Gasteiger partial charge on any atom is 0.116 e. The van der Waals surface area contributed by atoms with Crippen LogP contribution in [0.2, 0.25) is 0 Å². The molecule has 0 aliphatic heterocycles. The molecule has 0 heterocycles. The quantitative estimate of drug-likeness (QED) is 0.531. The first-order valence-electron chi connectivity index (χ1n) is 6.40. The molecule has 2 unspecified atom stereocenters. The smallest absolute Gasteiger partial charge is 0.116 e. The second-order valence-corrected chi connectivity index (χ2v) is 4.27. The van der Waals surface area contributed by atoms with Crippen molar-refractivity contribution >= 4 is 18.6 Å². The maximum atomic E-state index is 10.7. The molecule has 0 fully saturated rings. The number of hydrogen-bond donors (Lipinski definition) is 2. The van der Waals surface area contributed by atoms with Gasteiger partial charge in [-0.05, 0) is 30.8 Å². The average Bonchev–Trinajstić information content (AvgIpc) is 2.49. The Morgan fingerprint density at radius 1 is 1.15 bits per heavy atom. The zero-order valence-corrected chi connectivity index (χ0v) is 11.2. The normalized spacial score (nSPS) is 14.1. The van der Waals surface area contributed by atoms with Gasteiger partial charge in [0, 0.05) is 25.0 Å². The van der Waals surface area contributed by atoms with Crippen LogP contribution >= 0.6 is 0 Å². The zero-order valence-electron chi connectivity index (χ0n) is 11.2. The standard InChI is InChI=1S/C14H19N3O3/c1-15-13(6-8-18)14(7-9-19)16-10-11-4-2-3-5-12(11)17-20/h2-5,10,13-14,18-19H,1,6-9H2. The van der Waals surface area contributed by atoms with Gasteiger partial charge in [-0.25, -0.2) is 0 Å². The molecular formula is C14H19N3O3. The SMILES string of the molecule is C=NC(CCO)C(CCO)N=Cc1ccccc1N=O. The van der Waals surface area contributed by atoms with Crippen LogP contribution in [0, 0.1) is 4.91 Å². The summed E-state index contributed by atoms with van der Waals surface area (Å²) in [5.41, 5.74) is 0.918. The molecule has 0 saturated carbocycles. The van der Waals surface area contributed by atoms with E-state index in [1.165, 1.54) is 0 Å². The lowest BCUT2D eigenvalue weighted by atomic mass is 10.0. The Morgan fingerprint density at radius 3 is 2.40 bits per heavy atom. The van der Waals surface area contributed by atoms with Gasteiger partial charge in [0.05, 0.1) is 12.1 Å². The van der Waals surface area contributed by atoms with Crippen LogP contribution in [0.4, 0.5) is 5.69 Å². The van der Waals surface area contributed by atoms with Crippen molar-refractivity contribution in [1.82, 2.24) is 0 Å². The van der Waals surface area contributed by atoms with Crippen molar-refractivity contribution in [3.63, 3.8) is 0 Å². The number of nitroso groups, excluding NO2 is 1. The van der Waals surface area contributed by atoms with E-state index in [9.17, 15) is 4.91 Å². The highest BCUT2D eigenvalue weighted by atomic mass is 16.3. The topological polar surface area (TPSA) is 94.6 Å². The minimum absolute atomic E-state index is 0.0202. The van der Waals surface area contributed by atoms with E-state index in [0.29, 0.717) is 24.1 Å². The van der Waals surface area contributed by atoms with Gasteiger partial charge in [-0.3, -0.25) is 9.98 Å². The molecule has 0 aromatic heterocycles. The summed E-state index contributed by atoms with van der Waals surface area (Å²) in [5.74, 6) is 0. The summed E-state index contributed by atoms with van der Waals surface area (Å²) >= 11 is 0. The van der Waals surface area contributed by atoms with Gasteiger partial charge in [0.15, 0.2) is 0 Å². The first-order chi connectivity index (χ1) is 9.76. The van der Waals surface area contributed by atoms with Crippen molar-refractivity contribution in [1.29, 1.82) is 0 Å². The Balaban J connectivity index is 2.90. The van der Waals surface area contributed by atoms with Gasteiger partial charge in [-0.1, -0.05) is 18.2 Å². The number of rotatable bonds is 9. The maximum absolute atomic E-state index is 10.7. The Kier molecular flexibility index (Phi) is 7.31. The van der Waals surface area contributed by atoms with Gasteiger partial charge in [0.1, 0.15) is 5.69 Å². The van der Waals surface area contributed by atoms with Crippen LogP contribution in [0.25, 0.3) is 0 Å². The van der Waals surface area contributed by atoms with Gasteiger partial charge >= 0.3 is 0 Å². The van der Waals surface area contributed by atoms with Gasteiger partial charge in [-0.15, -0.1) is 4.91 Å². The van der Waals surface area contributed by atoms with E-state index in [0.717, 1.165) is 0 Å². The molecule has 0 bridgehead atoms. The molecule has 0 radical (unpaired) electrons. The fourth-order valence-corrected chi connectivity index (χ4v) is 1.89. The summed E-state index contributed by atoms with van der Waals surface area (Å²) in [4.78, 5) is 19.0. The zero-order chi connectivity index (χ0) is 14.8. The molecule has 0 spiro atoms. The van der Waals surface area contributed by atoms with E-state index in [4.69, 9.17) is 10.2 Å². The number of aliphatic imine (C=N–C) groups is 2. The van der Waals surface area contributed by atoms with E-state index in [-0.39, 0.29) is 25.3 Å². The van der Waals surface area contributed by atoms with E-state index >= 15 is 0 Å². The number of hydrogen-bond acceptors (Lipinski definition) is 6. The first kappa shape index (κ1) is 16.1. The number of benzene rings is 1. The molecule has 0 saturated heterocycles. The molecule has 0 amide bonds. The fraction of sp³-hybridized carbons (Fsp3) is 0.429. The predicted molar refractivity (Wildman–Crippen MR) is 80.0 cm³/mol. The van der Waals surface area contributed by atoms with Gasteiger partial charge < -0.3 is 10.2 Å². The lowest BCUT2D eigenvalue weighted by Crippen LogP contribution is -2.25. The molecule has 1 rings (SSSR count). The van der Waals surface area contributed by atoms with Crippen LogP contribution in [0.3, 0.4) is 0 Å². The van der Waals surface area contributed by atoms with Crippen molar-refractivity contribution < 1.29 is 10.2 Å². The lowest BCUT2D eigenvalue weighted by Gasteiger charge is -2.18. The molecule has 0 aliphatic carbocycles. The van der Waals surface area contributed by atoms with Crippen molar-refractivity contribution in [3.8, 4) is 0 Å². The van der Waals surface area contributed by atoms with Gasteiger partial charge in [0.2, 0.25) is 0 Å². The van der Waals surface area contributed by atoms with E-state index in [1.807, 2.05) is 0 Å². The Labute approximate surface area is 117 Å². The van der Waals surface area contributed by atoms with E-state index in [2.05, 4.69) is 21.9 Å². The molecule has 108 valence electrons. The van der Waals surface area contributed by atoms with Gasteiger partial charge in [0.25, 0.3) is 0 Å². The molecule has 6 nitrogen and oxygen atoms in total. The summed E-state index contributed by atoms with van der Waals surface area (Å²) in [6.45, 7) is 3.43. The Bertz CT molecular complexity index is 463. The molecule has 6 heteroatoms. The van der Waals surface area contributed by atoms with Crippen LogP contribution in [0.5, 0.6) is 0 Å². The van der Waals surface area contributed by atoms with Crippen molar-refractivity contribution in [2.24, 2.45) is 15.2 Å². The van der Waals surface area contributed by atoms with Crippen LogP contribution in [-0.4, -0.2) is 48.4 Å². The van der Waals surface area contributed by atoms with Crippen LogP contribution in [0.15, 0.2) is 39.4 Å². The number of aliphatic hydroxyl groups excluding tert-OH is 2. The Morgan fingerprint density at radius 2 is 1.80 bits per heavy atom. The van der Waals surface area contributed by atoms with Crippen LogP contribution in [0.1, 0.15) is 18.4 Å². The summed E-state index contributed by atoms with van der Waals surface area (Å²) in [5, 5.41) is 21.0. The van der Waals surface area contributed by atoms with Gasteiger partial charge in [-0.2, -0.15) is 0 Å². The predicted octanol–water partition coefficient (Wildman–Crippen LogP) is 1.71. The molecule has 2 atom stereocenters. The fourth-order valence-electron chi connectivity index (χ4n) is 1.89. The molecular weight excluding hydrogens is 258 g/mol. The highest BCUT2D eigenvalue weighted by molar-refractivity contribution is 5.86. The first-order valence-corrected chi connectivity index (χ1v) is 6.40. The number of aliphatic hydroxyl groups is 2. The third-order valence-corrected chi connectivity index (χ3v) is 2.97. The monoisotopic (exact) mass is 277 g/mol. The summed E-state index contributed by atoms with van der Waals surface area (Å²) in [7, 11) is 0. The highest BCUT2D eigenvalue weighted by Crippen LogP contribution is 2.17. The van der Waals surface area contributed by atoms with Crippen LogP contribution < -0.4 is 0 Å². The Hall–Kier alpha value is -1.92. The van der Waals surface area contributed by atoms with Crippen molar-refractivity contribution in [3.05, 3.63) is 34.7 Å². The van der Waals surface area contributed by atoms with E-state index in [1.54, 1.807) is 30.5 Å². The van der Waals surface area contributed by atoms with Crippen molar-refractivity contribution in [2.45, 2.75) is 24.9 Å². The average molecular weight is 277 g/mol.